The fourth-order valence-electron chi connectivity index (χ4n) is 3.39. The minimum absolute atomic E-state index is 0.342. The largest absolute Gasteiger partial charge is 0.444 e. The lowest BCUT2D eigenvalue weighted by molar-refractivity contribution is 0.0448. The van der Waals surface area contributed by atoms with Crippen molar-refractivity contribution >= 4 is 46.6 Å². The summed E-state index contributed by atoms with van der Waals surface area (Å²) < 4.78 is 5.41. The van der Waals surface area contributed by atoms with Crippen molar-refractivity contribution < 1.29 is 9.53 Å². The highest BCUT2D eigenvalue weighted by Crippen LogP contribution is 2.42. The van der Waals surface area contributed by atoms with Crippen molar-refractivity contribution in [1.82, 2.24) is 15.5 Å². The second kappa shape index (κ2) is 8.25. The molecule has 2 aromatic rings. The summed E-state index contributed by atoms with van der Waals surface area (Å²) in [6.07, 6.45) is 1.12. The summed E-state index contributed by atoms with van der Waals surface area (Å²) >= 11 is 18.8. The number of piperidine rings is 1. The van der Waals surface area contributed by atoms with Crippen LogP contribution < -0.4 is 10.2 Å². The zero-order valence-electron chi connectivity index (χ0n) is 16.9. The van der Waals surface area contributed by atoms with Crippen LogP contribution in [0.3, 0.4) is 0 Å². The number of alkyl carbamates (subject to hydrolysis) is 1. The van der Waals surface area contributed by atoms with E-state index >= 15 is 0 Å². The number of benzene rings is 1. The van der Waals surface area contributed by atoms with E-state index in [9.17, 15) is 4.79 Å². The van der Waals surface area contributed by atoms with E-state index in [1.807, 2.05) is 33.8 Å². The number of amides is 1. The summed E-state index contributed by atoms with van der Waals surface area (Å²) in [6, 6.07) is 5.44. The Morgan fingerprint density at radius 3 is 2.45 bits per heavy atom. The molecule has 1 aromatic carbocycles. The zero-order valence-corrected chi connectivity index (χ0v) is 19.2. The second-order valence-electron chi connectivity index (χ2n) is 8.53. The number of nitrogens with zero attached hydrogens (tertiary/aromatic N) is 2. The van der Waals surface area contributed by atoms with Crippen LogP contribution in [-0.2, 0) is 4.74 Å². The molecule has 0 radical (unpaired) electrons. The van der Waals surface area contributed by atoms with Crippen LogP contribution in [-0.4, -0.2) is 40.5 Å². The lowest BCUT2D eigenvalue weighted by atomic mass is 9.89. The Bertz CT molecular complexity index is 900. The minimum Gasteiger partial charge on any atom is -0.444 e. The number of hydrogen-bond acceptors (Lipinski definition) is 4. The number of hydrogen-bond donors (Lipinski definition) is 2. The maximum atomic E-state index is 12.2. The van der Waals surface area contributed by atoms with E-state index in [1.54, 1.807) is 12.1 Å². The van der Waals surface area contributed by atoms with E-state index in [4.69, 9.17) is 39.5 Å². The van der Waals surface area contributed by atoms with Gasteiger partial charge in [0, 0.05) is 35.9 Å². The predicted molar refractivity (Wildman–Crippen MR) is 118 cm³/mol. The number of anilines is 1. The number of carbonyl (C=O) groups is 1. The molecule has 0 bridgehead atoms. The van der Waals surface area contributed by atoms with Crippen LogP contribution >= 0.6 is 34.8 Å². The SMILES string of the molecule is CC1(NC(=O)OC(C)(C)C)CCN(c2ccc(Cl)c(Cl)c2-c2cc(Cl)[nH]n2)CC1. The van der Waals surface area contributed by atoms with Crippen molar-refractivity contribution in [2.75, 3.05) is 18.0 Å². The summed E-state index contributed by atoms with van der Waals surface area (Å²) in [7, 11) is 0. The van der Waals surface area contributed by atoms with Gasteiger partial charge in [0.25, 0.3) is 0 Å². The zero-order chi connectivity index (χ0) is 21.4. The molecule has 0 saturated carbocycles. The van der Waals surface area contributed by atoms with E-state index in [0.717, 1.165) is 37.2 Å². The van der Waals surface area contributed by atoms with Crippen LogP contribution in [0.2, 0.25) is 15.2 Å². The first-order chi connectivity index (χ1) is 13.5. The second-order valence-corrected chi connectivity index (χ2v) is 9.72. The first-order valence-corrected chi connectivity index (χ1v) is 10.6. The summed E-state index contributed by atoms with van der Waals surface area (Å²) in [4.78, 5) is 14.4. The summed E-state index contributed by atoms with van der Waals surface area (Å²) in [5, 5.41) is 11.3. The van der Waals surface area contributed by atoms with Gasteiger partial charge in [-0.15, -0.1) is 0 Å². The number of ether oxygens (including phenoxy) is 1. The molecule has 29 heavy (non-hydrogen) atoms. The fraction of sp³-hybridized carbons (Fsp3) is 0.500. The molecule has 0 spiro atoms. The van der Waals surface area contributed by atoms with Gasteiger partial charge in [0.1, 0.15) is 10.8 Å². The molecule has 6 nitrogen and oxygen atoms in total. The third-order valence-corrected chi connectivity index (χ3v) is 5.88. The molecule has 1 amide bonds. The molecule has 158 valence electrons. The third-order valence-electron chi connectivity index (χ3n) is 4.89. The summed E-state index contributed by atoms with van der Waals surface area (Å²) in [5.41, 5.74) is 1.44. The van der Waals surface area contributed by atoms with Gasteiger partial charge in [-0.1, -0.05) is 34.8 Å². The average molecular weight is 460 g/mol. The van der Waals surface area contributed by atoms with Crippen LogP contribution in [0.25, 0.3) is 11.3 Å². The normalized spacial score (nSPS) is 16.6. The number of halogens is 3. The van der Waals surface area contributed by atoms with Gasteiger partial charge in [0.15, 0.2) is 0 Å². The number of aromatic amines is 1. The van der Waals surface area contributed by atoms with E-state index in [1.165, 1.54) is 0 Å². The number of carbonyl (C=O) groups excluding carboxylic acids is 1. The molecule has 1 aromatic heterocycles. The minimum atomic E-state index is -0.527. The van der Waals surface area contributed by atoms with Crippen LogP contribution in [0, 0.1) is 0 Å². The van der Waals surface area contributed by atoms with Crippen molar-refractivity contribution in [3.8, 4) is 11.3 Å². The molecule has 1 saturated heterocycles. The van der Waals surface area contributed by atoms with E-state index in [2.05, 4.69) is 20.4 Å². The number of nitrogens with one attached hydrogen (secondary N) is 2. The highest BCUT2D eigenvalue weighted by Gasteiger charge is 2.34. The molecular weight excluding hydrogens is 435 g/mol. The third kappa shape index (κ3) is 5.30. The van der Waals surface area contributed by atoms with Crippen LogP contribution in [0.15, 0.2) is 18.2 Å². The number of rotatable bonds is 3. The van der Waals surface area contributed by atoms with Crippen molar-refractivity contribution in [1.29, 1.82) is 0 Å². The highest BCUT2D eigenvalue weighted by atomic mass is 35.5. The summed E-state index contributed by atoms with van der Waals surface area (Å²) in [6.45, 7) is 9.06. The number of aromatic nitrogens is 2. The van der Waals surface area contributed by atoms with Gasteiger partial charge in [0.2, 0.25) is 0 Å². The van der Waals surface area contributed by atoms with Crippen LogP contribution in [0.4, 0.5) is 10.5 Å². The maximum absolute atomic E-state index is 12.2. The van der Waals surface area contributed by atoms with E-state index in [0.29, 0.717) is 20.9 Å². The lowest BCUT2D eigenvalue weighted by Gasteiger charge is -2.41. The van der Waals surface area contributed by atoms with Crippen molar-refractivity contribution in [2.24, 2.45) is 0 Å². The fourth-order valence-corrected chi connectivity index (χ4v) is 3.95. The molecule has 2 N–H and O–H groups in total. The monoisotopic (exact) mass is 458 g/mol. The van der Waals surface area contributed by atoms with Gasteiger partial charge in [-0.2, -0.15) is 5.10 Å². The first kappa shape index (κ1) is 22.1. The van der Waals surface area contributed by atoms with Gasteiger partial charge < -0.3 is 15.0 Å². The molecule has 2 heterocycles. The van der Waals surface area contributed by atoms with E-state index in [-0.39, 0.29) is 5.54 Å². The van der Waals surface area contributed by atoms with Crippen LogP contribution in [0.1, 0.15) is 40.5 Å². The molecule has 9 heteroatoms. The van der Waals surface area contributed by atoms with Gasteiger partial charge >= 0.3 is 6.09 Å². The molecule has 1 fully saturated rings. The Morgan fingerprint density at radius 2 is 1.90 bits per heavy atom. The smallest absolute Gasteiger partial charge is 0.408 e. The van der Waals surface area contributed by atoms with Gasteiger partial charge in [-0.25, -0.2) is 4.79 Å². The molecular formula is C20H25Cl3N4O2. The van der Waals surface area contributed by atoms with Crippen molar-refractivity contribution in [2.45, 2.75) is 51.7 Å². The first-order valence-electron chi connectivity index (χ1n) is 9.43. The molecule has 0 aliphatic carbocycles. The Hall–Kier alpha value is -1.63. The predicted octanol–water partition coefficient (Wildman–Crippen LogP) is 5.92. The van der Waals surface area contributed by atoms with E-state index < -0.39 is 11.7 Å². The topological polar surface area (TPSA) is 70.2 Å². The molecule has 1 aliphatic rings. The van der Waals surface area contributed by atoms with Gasteiger partial charge in [-0.05, 0) is 52.7 Å². The molecule has 0 atom stereocenters. The van der Waals surface area contributed by atoms with Crippen LogP contribution in [0.5, 0.6) is 0 Å². The molecule has 0 unspecified atom stereocenters. The number of H-pyrrole nitrogens is 1. The highest BCUT2D eigenvalue weighted by molar-refractivity contribution is 6.44. The Labute approximate surface area is 185 Å². The molecule has 3 rings (SSSR count). The maximum Gasteiger partial charge on any atom is 0.408 e. The van der Waals surface area contributed by atoms with Gasteiger partial charge in [0.05, 0.1) is 15.7 Å². The molecule has 1 aliphatic heterocycles. The Kier molecular flexibility index (Phi) is 6.27. The van der Waals surface area contributed by atoms with Crippen molar-refractivity contribution in [3.63, 3.8) is 0 Å². The Balaban J connectivity index is 1.78. The van der Waals surface area contributed by atoms with Crippen molar-refractivity contribution in [3.05, 3.63) is 33.4 Å². The summed E-state index contributed by atoms with van der Waals surface area (Å²) in [5.74, 6) is 0. The average Bonchev–Trinajstić information content (AvgIpc) is 3.02. The quantitative estimate of drug-likeness (QED) is 0.597. The standard InChI is InChI=1S/C20H25Cl3N4O2/c1-19(2,3)29-18(28)24-20(4)7-9-27(10-8-20)14-6-5-12(21)17(23)16(14)13-11-15(22)26-25-13/h5-6,11H,7-10H2,1-4H3,(H,24,28)(H,25,26). The Morgan fingerprint density at radius 1 is 1.24 bits per heavy atom. The lowest BCUT2D eigenvalue weighted by Crippen LogP contribution is -2.54. The van der Waals surface area contributed by atoms with Gasteiger partial charge in [-0.3, -0.25) is 5.10 Å².